The van der Waals surface area contributed by atoms with Crippen LogP contribution in [0.3, 0.4) is 0 Å². The van der Waals surface area contributed by atoms with E-state index in [2.05, 4.69) is 15.3 Å². The third-order valence-corrected chi connectivity index (χ3v) is 7.04. The number of hydrogen-bond acceptors (Lipinski definition) is 6. The summed E-state index contributed by atoms with van der Waals surface area (Å²) in [5.74, 6) is 0.835. The van der Waals surface area contributed by atoms with Crippen molar-refractivity contribution in [1.82, 2.24) is 9.88 Å². The van der Waals surface area contributed by atoms with Gasteiger partial charge in [0.2, 0.25) is 5.88 Å². The molecule has 3 atom stereocenters. The molecule has 1 saturated heterocycles. The summed E-state index contributed by atoms with van der Waals surface area (Å²) in [6, 6.07) is 8.13. The van der Waals surface area contributed by atoms with E-state index >= 15 is 0 Å². The largest absolute Gasteiger partial charge is 0.474 e. The molecule has 2 fully saturated rings. The van der Waals surface area contributed by atoms with Crippen LogP contribution in [0, 0.1) is 0 Å². The van der Waals surface area contributed by atoms with Crippen molar-refractivity contribution >= 4 is 17.1 Å². The van der Waals surface area contributed by atoms with Crippen LogP contribution in [0.15, 0.2) is 35.8 Å². The number of ether oxygens (including phenoxy) is 2. The molecule has 0 spiro atoms. The molecule has 0 bridgehead atoms. The summed E-state index contributed by atoms with van der Waals surface area (Å²) in [5.41, 5.74) is 1.13. The molecule has 2 aromatic heterocycles. The Morgan fingerprint density at radius 1 is 1.41 bits per heavy atom. The molecule has 2 aromatic rings. The van der Waals surface area contributed by atoms with Crippen molar-refractivity contribution in [2.45, 2.75) is 56.9 Å². The Balaban J connectivity index is 1.47. The minimum Gasteiger partial charge on any atom is -0.474 e. The predicted molar refractivity (Wildman–Crippen MR) is 105 cm³/mol. The number of rotatable bonds is 6. The highest BCUT2D eigenvalue weighted by Crippen LogP contribution is 2.43. The highest BCUT2D eigenvalue weighted by molar-refractivity contribution is 7.12. The number of hydrogen-bond donors (Lipinski definition) is 0. The molecule has 0 unspecified atom stereocenters. The van der Waals surface area contributed by atoms with Crippen LogP contribution in [0.2, 0.25) is 0 Å². The Hall–Kier alpha value is -1.76. The Morgan fingerprint density at radius 3 is 3.00 bits per heavy atom. The third-order valence-electron chi connectivity index (χ3n) is 5.96. The van der Waals surface area contributed by atoms with Crippen molar-refractivity contribution in [3.05, 3.63) is 46.3 Å². The number of nitrogens with zero attached hydrogens (tertiary/aromatic N) is 2. The molecule has 6 heteroatoms. The fourth-order valence-electron chi connectivity index (χ4n) is 4.52. The lowest BCUT2D eigenvalue weighted by atomic mass is 9.79. The Kier molecular flexibility index (Phi) is 5.30. The van der Waals surface area contributed by atoms with E-state index in [1.165, 1.54) is 16.9 Å². The lowest BCUT2D eigenvalue weighted by Gasteiger charge is -2.43. The number of aromatic nitrogens is 1. The lowest BCUT2D eigenvalue weighted by Crippen LogP contribution is -2.52. The summed E-state index contributed by atoms with van der Waals surface area (Å²) >= 11 is 1.54. The molecule has 2 aliphatic rings. The van der Waals surface area contributed by atoms with Gasteiger partial charge < -0.3 is 9.47 Å². The second-order valence-corrected chi connectivity index (χ2v) is 8.47. The fraction of sp³-hybridized carbons (Fsp3) is 0.524. The van der Waals surface area contributed by atoms with E-state index in [1.54, 1.807) is 13.1 Å². The van der Waals surface area contributed by atoms with Crippen molar-refractivity contribution in [3.63, 3.8) is 0 Å². The number of thiophene rings is 1. The number of pyridine rings is 1. The van der Waals surface area contributed by atoms with Crippen LogP contribution in [0.5, 0.6) is 5.88 Å². The van der Waals surface area contributed by atoms with Gasteiger partial charge in [0.25, 0.3) is 0 Å². The van der Waals surface area contributed by atoms with E-state index in [-0.39, 0.29) is 17.5 Å². The van der Waals surface area contributed by atoms with E-state index in [0.29, 0.717) is 11.9 Å². The van der Waals surface area contributed by atoms with Gasteiger partial charge in [-0.25, -0.2) is 4.98 Å². The van der Waals surface area contributed by atoms with Crippen molar-refractivity contribution in [1.29, 1.82) is 0 Å². The van der Waals surface area contributed by atoms with Gasteiger partial charge >= 0.3 is 0 Å². The van der Waals surface area contributed by atoms with Gasteiger partial charge in [0.1, 0.15) is 6.10 Å². The maximum Gasteiger partial charge on any atom is 0.213 e. The predicted octanol–water partition coefficient (Wildman–Crippen LogP) is 3.94. The van der Waals surface area contributed by atoms with Crippen molar-refractivity contribution in [2.24, 2.45) is 0 Å². The summed E-state index contributed by atoms with van der Waals surface area (Å²) < 4.78 is 12.2. The smallest absolute Gasteiger partial charge is 0.213 e. The molecule has 0 N–H and O–H groups in total. The molecular formula is C21H26N2O3S. The molecule has 1 saturated carbocycles. The SMILES string of the molecule is CO[C@@]12CC[C@H](Oc3ccccn3)C[C@@H]1N(Cc1csc(C(C)=O)c1)CC2. The van der Waals surface area contributed by atoms with Crippen LogP contribution in [0.1, 0.15) is 47.8 Å². The zero-order valence-electron chi connectivity index (χ0n) is 15.9. The highest BCUT2D eigenvalue weighted by Gasteiger charge is 2.51. The quantitative estimate of drug-likeness (QED) is 0.704. The molecule has 144 valence electrons. The number of Topliss-reactive ketones (excluding diaryl/α,β-unsaturated/α-hetero) is 1. The Morgan fingerprint density at radius 2 is 2.30 bits per heavy atom. The first-order chi connectivity index (χ1) is 13.1. The third kappa shape index (κ3) is 3.79. The van der Waals surface area contributed by atoms with E-state index in [1.807, 2.05) is 31.4 Å². The maximum absolute atomic E-state index is 11.6. The van der Waals surface area contributed by atoms with E-state index < -0.39 is 0 Å². The summed E-state index contributed by atoms with van der Waals surface area (Å²) in [5, 5.41) is 2.11. The van der Waals surface area contributed by atoms with E-state index in [0.717, 1.165) is 43.6 Å². The van der Waals surface area contributed by atoms with Crippen LogP contribution in [0.25, 0.3) is 0 Å². The van der Waals surface area contributed by atoms with Crippen LogP contribution >= 0.6 is 11.3 Å². The van der Waals surface area contributed by atoms with Gasteiger partial charge in [-0.2, -0.15) is 0 Å². The van der Waals surface area contributed by atoms with Crippen molar-refractivity contribution in [2.75, 3.05) is 13.7 Å². The zero-order valence-corrected chi connectivity index (χ0v) is 16.7. The summed E-state index contributed by atoms with van der Waals surface area (Å²) in [7, 11) is 1.84. The minimum atomic E-state index is -0.0800. The average Bonchev–Trinajstić information content (AvgIpc) is 3.29. The van der Waals surface area contributed by atoms with E-state index in [9.17, 15) is 4.79 Å². The molecule has 5 nitrogen and oxygen atoms in total. The first kappa shape index (κ1) is 18.6. The van der Waals surface area contributed by atoms with Crippen molar-refractivity contribution < 1.29 is 14.3 Å². The van der Waals surface area contributed by atoms with E-state index in [4.69, 9.17) is 9.47 Å². The number of fused-ring (bicyclic) bond motifs is 1. The van der Waals surface area contributed by atoms with Crippen LogP contribution in [-0.4, -0.2) is 47.1 Å². The zero-order chi connectivity index (χ0) is 18.9. The first-order valence-corrected chi connectivity index (χ1v) is 10.4. The van der Waals surface area contributed by atoms with Crippen LogP contribution in [0.4, 0.5) is 0 Å². The second kappa shape index (κ2) is 7.70. The number of methoxy groups -OCH3 is 1. The van der Waals surface area contributed by atoms with Gasteiger partial charge in [0.05, 0.1) is 10.5 Å². The highest BCUT2D eigenvalue weighted by atomic mass is 32.1. The monoisotopic (exact) mass is 386 g/mol. The standard InChI is InChI=1S/C21H26N2O3S/c1-15(24)18-11-16(14-27-18)13-23-10-8-21(25-2)7-6-17(12-19(21)23)26-20-5-3-4-9-22-20/h3-5,9,11,14,17,19H,6-8,10,12-13H2,1-2H3/t17-,19-,21+/m0/s1. The molecule has 1 aliphatic heterocycles. The molecule has 1 aliphatic carbocycles. The fourth-order valence-corrected chi connectivity index (χ4v) is 5.32. The molecule has 3 heterocycles. The summed E-state index contributed by atoms with van der Waals surface area (Å²) in [6.45, 7) is 3.50. The van der Waals surface area contributed by atoms with Gasteiger partial charge in [-0.3, -0.25) is 9.69 Å². The Labute approximate surface area is 164 Å². The van der Waals surface area contributed by atoms with Gasteiger partial charge in [0.15, 0.2) is 5.78 Å². The van der Waals surface area contributed by atoms with Crippen LogP contribution < -0.4 is 4.74 Å². The minimum absolute atomic E-state index is 0.0800. The Bertz CT molecular complexity index is 794. The molecule has 0 amide bonds. The number of carbonyl (C=O) groups is 1. The van der Waals surface area contributed by atoms with Gasteiger partial charge in [-0.15, -0.1) is 11.3 Å². The molecule has 0 aromatic carbocycles. The van der Waals surface area contributed by atoms with Crippen molar-refractivity contribution in [3.8, 4) is 5.88 Å². The van der Waals surface area contributed by atoms with Crippen LogP contribution in [-0.2, 0) is 11.3 Å². The molecular weight excluding hydrogens is 360 g/mol. The normalized spacial score (nSPS) is 28.1. The summed E-state index contributed by atoms with van der Waals surface area (Å²) in [6.07, 6.45) is 5.90. The number of likely N-dealkylation sites (tertiary alicyclic amines) is 1. The maximum atomic E-state index is 11.6. The average molecular weight is 387 g/mol. The summed E-state index contributed by atoms with van der Waals surface area (Å²) in [4.78, 5) is 19.2. The first-order valence-electron chi connectivity index (χ1n) is 9.55. The number of carbonyl (C=O) groups excluding carboxylic acids is 1. The van der Waals surface area contributed by atoms with Gasteiger partial charge in [-0.05, 0) is 49.3 Å². The molecule has 4 rings (SSSR count). The van der Waals surface area contributed by atoms with Gasteiger partial charge in [0, 0.05) is 44.9 Å². The number of ketones is 1. The molecule has 27 heavy (non-hydrogen) atoms. The van der Waals surface area contributed by atoms with Gasteiger partial charge in [-0.1, -0.05) is 6.07 Å². The second-order valence-electron chi connectivity index (χ2n) is 7.56. The molecule has 0 radical (unpaired) electrons. The lowest BCUT2D eigenvalue weighted by molar-refractivity contribution is -0.0843. The topological polar surface area (TPSA) is 51.7 Å².